The van der Waals surface area contributed by atoms with Gasteiger partial charge in [-0.25, -0.2) is 9.37 Å². The minimum absolute atomic E-state index is 0.170. The molecule has 134 valence electrons. The zero-order valence-electron chi connectivity index (χ0n) is 14.5. The molecule has 1 atom stereocenters. The summed E-state index contributed by atoms with van der Waals surface area (Å²) >= 11 is 0. The summed E-state index contributed by atoms with van der Waals surface area (Å²) in [6.07, 6.45) is 0.392. The summed E-state index contributed by atoms with van der Waals surface area (Å²) in [5, 5.41) is 0.542. The maximum Gasteiger partial charge on any atom is 0.257 e. The van der Waals surface area contributed by atoms with Crippen LogP contribution in [0, 0.1) is 0 Å². The molecule has 0 aliphatic carbocycles. The number of alkyl halides is 1. The molecule has 0 spiro atoms. The lowest BCUT2D eigenvalue weighted by molar-refractivity contribution is 0.343. The summed E-state index contributed by atoms with van der Waals surface area (Å²) in [6, 6.07) is 21.0. The van der Waals surface area contributed by atoms with Crippen molar-refractivity contribution in [1.82, 2.24) is 9.97 Å². The van der Waals surface area contributed by atoms with Gasteiger partial charge in [-0.15, -0.1) is 0 Å². The van der Waals surface area contributed by atoms with Crippen LogP contribution in [0.4, 0.5) is 4.39 Å². The number of nitrogens with two attached hydrogens (primary N) is 1. The number of nitrogens with one attached hydrogen (secondary N) is 1. The minimum Gasteiger partial charge on any atom is -0.328 e. The number of halogens is 1. The highest BCUT2D eigenvalue weighted by molar-refractivity contribution is 5.91. The van der Waals surface area contributed by atoms with E-state index < -0.39 is 6.30 Å². The number of nitrogens with zero attached hydrogens (tertiary/aromatic N) is 1. The zero-order valence-corrected chi connectivity index (χ0v) is 14.5. The van der Waals surface area contributed by atoms with Crippen molar-refractivity contribution < 1.29 is 4.39 Å². The van der Waals surface area contributed by atoms with Crippen LogP contribution >= 0.6 is 0 Å². The summed E-state index contributed by atoms with van der Waals surface area (Å²) in [6.45, 7) is 0. The highest BCUT2D eigenvalue weighted by Crippen LogP contribution is 2.32. The van der Waals surface area contributed by atoms with E-state index in [4.69, 9.17) is 10.7 Å². The van der Waals surface area contributed by atoms with Crippen LogP contribution in [-0.2, 0) is 6.42 Å². The Kier molecular flexibility index (Phi) is 4.52. The molecule has 3 N–H and O–H groups in total. The number of aromatic nitrogens is 2. The number of aromatic amines is 1. The maximum absolute atomic E-state index is 13.0. The molecule has 0 aliphatic rings. The van der Waals surface area contributed by atoms with Gasteiger partial charge in [-0.1, -0.05) is 54.6 Å². The van der Waals surface area contributed by atoms with E-state index >= 15 is 0 Å². The van der Waals surface area contributed by atoms with Crippen LogP contribution in [0.1, 0.15) is 5.56 Å². The van der Waals surface area contributed by atoms with E-state index in [1.807, 2.05) is 60.7 Å². The largest absolute Gasteiger partial charge is 0.328 e. The Bertz CT molecular complexity index is 1140. The van der Waals surface area contributed by atoms with Crippen molar-refractivity contribution in [2.75, 3.05) is 0 Å². The van der Waals surface area contributed by atoms with Crippen molar-refractivity contribution in [2.45, 2.75) is 12.7 Å². The highest BCUT2D eigenvalue weighted by atomic mass is 19.1. The molecule has 0 bridgehead atoms. The van der Waals surface area contributed by atoms with E-state index in [0.29, 0.717) is 10.9 Å². The lowest BCUT2D eigenvalue weighted by atomic mass is 9.97. The quantitative estimate of drug-likeness (QED) is 0.540. The lowest BCUT2D eigenvalue weighted by Crippen LogP contribution is -2.15. The topological polar surface area (TPSA) is 71.8 Å². The van der Waals surface area contributed by atoms with Crippen LogP contribution in [-0.4, -0.2) is 16.3 Å². The normalized spacial score (nSPS) is 12.2. The number of benzene rings is 2. The number of pyridine rings is 2. The third-order valence-electron chi connectivity index (χ3n) is 4.50. The molecule has 0 aliphatic heterocycles. The molecule has 27 heavy (non-hydrogen) atoms. The molecule has 0 saturated carbocycles. The van der Waals surface area contributed by atoms with Crippen molar-refractivity contribution in [3.8, 4) is 22.4 Å². The second-order valence-corrected chi connectivity index (χ2v) is 6.41. The predicted molar refractivity (Wildman–Crippen MR) is 106 cm³/mol. The van der Waals surface area contributed by atoms with E-state index in [1.165, 1.54) is 0 Å². The molecule has 4 rings (SSSR count). The Labute approximate surface area is 155 Å². The molecular weight excluding hydrogens is 341 g/mol. The molecule has 2 aromatic carbocycles. The van der Waals surface area contributed by atoms with Crippen molar-refractivity contribution in [1.29, 1.82) is 0 Å². The standard InChI is InChI=1S/C22H18FN3O/c23-20(24)12-14-6-8-16(9-7-14)21-17(15-4-2-1-3-5-15)13-18-19(26-21)10-11-25-22(18)27/h1-11,13,20H,12,24H2,(H,25,27). The summed E-state index contributed by atoms with van der Waals surface area (Å²) in [5.41, 5.74) is 10.0. The number of hydrogen-bond acceptors (Lipinski definition) is 3. The number of hydrogen-bond donors (Lipinski definition) is 2. The SMILES string of the molecule is NC(F)Cc1ccc(-c2nc3cc[nH]c(=O)c3cc2-c2ccccc2)cc1. The number of rotatable bonds is 4. The minimum atomic E-state index is -1.37. The van der Waals surface area contributed by atoms with Gasteiger partial charge in [-0.05, 0) is 23.3 Å². The monoisotopic (exact) mass is 359 g/mol. The Hall–Kier alpha value is -3.31. The fourth-order valence-electron chi connectivity index (χ4n) is 3.19. The van der Waals surface area contributed by atoms with E-state index in [0.717, 1.165) is 27.9 Å². The van der Waals surface area contributed by atoms with E-state index in [2.05, 4.69) is 4.98 Å². The molecule has 0 amide bonds. The number of fused-ring (bicyclic) bond motifs is 1. The first-order chi connectivity index (χ1) is 13.1. The predicted octanol–water partition coefficient (Wildman–Crippen LogP) is 4.05. The van der Waals surface area contributed by atoms with Crippen molar-refractivity contribution >= 4 is 10.9 Å². The van der Waals surface area contributed by atoms with E-state index in [-0.39, 0.29) is 12.0 Å². The Morgan fingerprint density at radius 3 is 2.44 bits per heavy atom. The van der Waals surface area contributed by atoms with Gasteiger partial charge < -0.3 is 10.7 Å². The Morgan fingerprint density at radius 1 is 1.00 bits per heavy atom. The summed E-state index contributed by atoms with van der Waals surface area (Å²) in [4.78, 5) is 19.7. The van der Waals surface area contributed by atoms with Crippen molar-refractivity contribution in [2.24, 2.45) is 5.73 Å². The molecule has 2 aromatic heterocycles. The lowest BCUT2D eigenvalue weighted by Gasteiger charge is -2.12. The number of H-pyrrole nitrogens is 1. The van der Waals surface area contributed by atoms with Crippen LogP contribution < -0.4 is 11.3 Å². The fourth-order valence-corrected chi connectivity index (χ4v) is 3.19. The molecule has 0 fully saturated rings. The van der Waals surface area contributed by atoms with E-state index in [1.54, 1.807) is 12.3 Å². The molecule has 4 nitrogen and oxygen atoms in total. The average molecular weight is 359 g/mol. The van der Waals surface area contributed by atoms with Crippen molar-refractivity contribution in [3.63, 3.8) is 0 Å². The third-order valence-corrected chi connectivity index (χ3v) is 4.50. The molecule has 5 heteroatoms. The van der Waals surface area contributed by atoms with Crippen LogP contribution in [0.2, 0.25) is 0 Å². The average Bonchev–Trinajstić information content (AvgIpc) is 2.68. The molecule has 0 saturated heterocycles. The van der Waals surface area contributed by atoms with Gasteiger partial charge in [-0.3, -0.25) is 4.79 Å². The molecule has 2 heterocycles. The highest BCUT2D eigenvalue weighted by Gasteiger charge is 2.13. The van der Waals surface area contributed by atoms with E-state index in [9.17, 15) is 9.18 Å². The summed E-state index contributed by atoms with van der Waals surface area (Å²) < 4.78 is 13.0. The summed E-state index contributed by atoms with van der Waals surface area (Å²) in [5.74, 6) is 0. The van der Waals surface area contributed by atoms with Gasteiger partial charge in [0.25, 0.3) is 5.56 Å². The molecule has 1 unspecified atom stereocenters. The van der Waals surface area contributed by atoms with Crippen LogP contribution in [0.25, 0.3) is 33.3 Å². The van der Waals surface area contributed by atoms with Gasteiger partial charge in [0.2, 0.25) is 0 Å². The second kappa shape index (κ2) is 7.13. The Morgan fingerprint density at radius 2 is 1.74 bits per heavy atom. The smallest absolute Gasteiger partial charge is 0.257 e. The van der Waals surface area contributed by atoms with Gasteiger partial charge >= 0.3 is 0 Å². The first-order valence-electron chi connectivity index (χ1n) is 8.68. The molecular formula is C22H18FN3O. The van der Waals surface area contributed by atoms with Gasteiger partial charge in [0.15, 0.2) is 6.30 Å². The maximum atomic E-state index is 13.0. The summed E-state index contributed by atoms with van der Waals surface area (Å²) in [7, 11) is 0. The van der Waals surface area contributed by atoms with Crippen LogP contribution in [0.15, 0.2) is 77.7 Å². The fraction of sp³-hybridized carbons (Fsp3) is 0.0909. The Balaban J connectivity index is 1.92. The first-order valence-corrected chi connectivity index (χ1v) is 8.68. The van der Waals surface area contributed by atoms with Crippen LogP contribution in [0.5, 0.6) is 0 Å². The van der Waals surface area contributed by atoms with Gasteiger partial charge in [-0.2, -0.15) is 0 Å². The zero-order chi connectivity index (χ0) is 18.8. The van der Waals surface area contributed by atoms with Crippen LogP contribution in [0.3, 0.4) is 0 Å². The van der Waals surface area contributed by atoms with Crippen molar-refractivity contribution in [3.05, 3.63) is 88.8 Å². The molecule has 4 aromatic rings. The first kappa shape index (κ1) is 17.1. The molecule has 0 radical (unpaired) electrons. The van der Waals surface area contributed by atoms with Gasteiger partial charge in [0.05, 0.1) is 16.6 Å². The van der Waals surface area contributed by atoms with Gasteiger partial charge in [0, 0.05) is 23.7 Å². The third kappa shape index (κ3) is 3.50. The van der Waals surface area contributed by atoms with Gasteiger partial charge in [0.1, 0.15) is 0 Å². The second-order valence-electron chi connectivity index (χ2n) is 6.41.